The van der Waals surface area contributed by atoms with Gasteiger partial charge in [-0.15, -0.1) is 0 Å². The van der Waals surface area contributed by atoms with Gasteiger partial charge < -0.3 is 9.47 Å². The standard InChI is InChI=1S/C26H27F4NO7S2/c27-18-2-4-21(5-3-18)40(35,36)31-15-19(9-12-39(33,34)20-6-7-20)38-23-8-1-17(13-22(23)31)14-24(32)37-16-25(10-11-25)26(28,29)30/h1-5,8,13,19-20H,6-7,9-12,14-16H2/t19-/m0/s1. The second-order valence-electron chi connectivity index (χ2n) is 10.5. The number of nitrogens with zero attached hydrogens (tertiary/aromatic N) is 1. The highest BCUT2D eigenvalue weighted by Gasteiger charge is 2.64. The molecule has 2 fully saturated rings. The molecule has 2 aromatic carbocycles. The molecule has 0 aromatic heterocycles. The van der Waals surface area contributed by atoms with Crippen LogP contribution in [0.1, 0.15) is 37.7 Å². The average molecular weight is 606 g/mol. The fourth-order valence-electron chi connectivity index (χ4n) is 4.57. The Bertz CT molecular complexity index is 1500. The van der Waals surface area contributed by atoms with Crippen LogP contribution in [-0.2, 0) is 35.8 Å². The number of halogens is 4. The first-order chi connectivity index (χ1) is 18.7. The summed E-state index contributed by atoms with van der Waals surface area (Å²) in [5.74, 6) is -1.59. The Hall–Kier alpha value is -2.87. The number of fused-ring (bicyclic) bond motifs is 1. The molecule has 1 aliphatic heterocycles. The van der Waals surface area contributed by atoms with Gasteiger partial charge >= 0.3 is 12.1 Å². The number of alkyl halides is 3. The van der Waals surface area contributed by atoms with Crippen molar-refractivity contribution in [1.29, 1.82) is 0 Å². The fraction of sp³-hybridized carbons (Fsp3) is 0.500. The number of rotatable bonds is 10. The molecule has 3 aliphatic rings. The van der Waals surface area contributed by atoms with Crippen LogP contribution in [0.15, 0.2) is 47.4 Å². The summed E-state index contributed by atoms with van der Waals surface area (Å²) >= 11 is 0. The van der Waals surface area contributed by atoms with Crippen molar-refractivity contribution in [1.82, 2.24) is 0 Å². The minimum atomic E-state index is -4.47. The van der Waals surface area contributed by atoms with E-state index >= 15 is 0 Å². The molecule has 0 radical (unpaired) electrons. The molecule has 5 rings (SSSR count). The summed E-state index contributed by atoms with van der Waals surface area (Å²) in [4.78, 5) is 12.1. The normalized spacial score (nSPS) is 20.4. The number of hydrogen-bond donors (Lipinski definition) is 0. The molecular formula is C26H27F4NO7S2. The molecule has 2 aliphatic carbocycles. The zero-order valence-corrected chi connectivity index (χ0v) is 22.8. The molecular weight excluding hydrogens is 578 g/mol. The van der Waals surface area contributed by atoms with Crippen LogP contribution in [0.25, 0.3) is 0 Å². The summed E-state index contributed by atoms with van der Waals surface area (Å²) in [6.07, 6.45) is -4.66. The first-order valence-corrected chi connectivity index (χ1v) is 15.9. The van der Waals surface area contributed by atoms with Crippen molar-refractivity contribution in [2.75, 3.05) is 23.2 Å². The van der Waals surface area contributed by atoms with Crippen molar-refractivity contribution >= 4 is 31.5 Å². The van der Waals surface area contributed by atoms with Gasteiger partial charge in [0, 0.05) is 0 Å². The number of sulfone groups is 1. The third-order valence-corrected chi connectivity index (χ3v) is 11.5. The van der Waals surface area contributed by atoms with Crippen LogP contribution >= 0.6 is 0 Å². The smallest absolute Gasteiger partial charge is 0.397 e. The lowest BCUT2D eigenvalue weighted by atomic mass is 10.1. The number of anilines is 1. The fourth-order valence-corrected chi connectivity index (χ4v) is 7.84. The first-order valence-electron chi connectivity index (χ1n) is 12.7. The van der Waals surface area contributed by atoms with Crippen molar-refractivity contribution in [3.05, 3.63) is 53.8 Å². The highest BCUT2D eigenvalue weighted by molar-refractivity contribution is 7.93. The Morgan fingerprint density at radius 1 is 1.05 bits per heavy atom. The van der Waals surface area contributed by atoms with Gasteiger partial charge in [-0.05, 0) is 74.1 Å². The van der Waals surface area contributed by atoms with Gasteiger partial charge in [-0.25, -0.2) is 21.2 Å². The Morgan fingerprint density at radius 2 is 1.73 bits per heavy atom. The van der Waals surface area contributed by atoms with E-state index in [2.05, 4.69) is 0 Å². The number of carbonyl (C=O) groups is 1. The molecule has 218 valence electrons. The van der Waals surface area contributed by atoms with Gasteiger partial charge in [0.1, 0.15) is 29.7 Å². The van der Waals surface area contributed by atoms with E-state index in [0.717, 1.165) is 28.6 Å². The number of carbonyl (C=O) groups excluding carboxylic acids is 1. The minimum absolute atomic E-state index is 0.0444. The Kier molecular flexibility index (Phi) is 7.30. The van der Waals surface area contributed by atoms with Crippen LogP contribution in [0.4, 0.5) is 23.2 Å². The van der Waals surface area contributed by atoms with Gasteiger partial charge in [-0.2, -0.15) is 13.2 Å². The SMILES string of the molecule is O=C(Cc1ccc2c(c1)N(S(=O)(=O)c1ccc(F)cc1)C[C@H](CCS(=O)(=O)C1CC1)O2)OCC1(C(F)(F)F)CC1. The van der Waals surface area contributed by atoms with Crippen LogP contribution < -0.4 is 9.04 Å². The van der Waals surface area contributed by atoms with E-state index in [1.54, 1.807) is 0 Å². The number of ether oxygens (including phenoxy) is 2. The molecule has 0 N–H and O–H groups in total. The second-order valence-corrected chi connectivity index (χ2v) is 14.8. The maximum atomic E-state index is 13.6. The van der Waals surface area contributed by atoms with E-state index in [4.69, 9.17) is 9.47 Å². The molecule has 8 nitrogen and oxygen atoms in total. The highest BCUT2D eigenvalue weighted by Crippen LogP contribution is 2.57. The van der Waals surface area contributed by atoms with Crippen molar-refractivity contribution in [3.63, 3.8) is 0 Å². The molecule has 0 saturated heterocycles. The number of hydrogen-bond acceptors (Lipinski definition) is 7. The molecule has 14 heteroatoms. The number of esters is 1. The molecule has 0 spiro atoms. The van der Waals surface area contributed by atoms with Crippen molar-refractivity contribution in [3.8, 4) is 5.75 Å². The third-order valence-electron chi connectivity index (χ3n) is 7.43. The van der Waals surface area contributed by atoms with E-state index in [9.17, 15) is 39.2 Å². The zero-order valence-electron chi connectivity index (χ0n) is 21.2. The number of sulfonamides is 1. The molecule has 0 bridgehead atoms. The van der Waals surface area contributed by atoms with Crippen molar-refractivity contribution in [2.45, 2.75) is 61.0 Å². The Labute approximate surface area is 229 Å². The summed E-state index contributed by atoms with van der Waals surface area (Å²) in [5, 5.41) is -0.379. The Balaban J connectivity index is 1.37. The molecule has 1 atom stereocenters. The van der Waals surface area contributed by atoms with Crippen molar-refractivity contribution in [2.24, 2.45) is 5.41 Å². The lowest BCUT2D eigenvalue weighted by Gasteiger charge is -2.36. The predicted molar refractivity (Wildman–Crippen MR) is 136 cm³/mol. The van der Waals surface area contributed by atoms with E-state index < -0.39 is 62.4 Å². The summed E-state index contributed by atoms with van der Waals surface area (Å²) in [5.41, 5.74) is -1.67. The average Bonchev–Trinajstić information content (AvgIpc) is 3.80. The predicted octanol–water partition coefficient (Wildman–Crippen LogP) is 4.18. The maximum absolute atomic E-state index is 13.6. The Morgan fingerprint density at radius 3 is 2.33 bits per heavy atom. The summed E-state index contributed by atoms with van der Waals surface area (Å²) in [7, 11) is -7.60. The molecule has 1 heterocycles. The molecule has 40 heavy (non-hydrogen) atoms. The summed E-state index contributed by atoms with van der Waals surface area (Å²) < 4.78 is 117. The van der Waals surface area contributed by atoms with E-state index in [0.29, 0.717) is 12.8 Å². The van der Waals surface area contributed by atoms with Crippen LogP contribution in [-0.4, -0.2) is 59.2 Å². The third kappa shape index (κ3) is 5.92. The van der Waals surface area contributed by atoms with Crippen LogP contribution in [0.3, 0.4) is 0 Å². The largest absolute Gasteiger partial charge is 0.486 e. The van der Waals surface area contributed by atoms with Crippen molar-refractivity contribution < 1.29 is 48.7 Å². The maximum Gasteiger partial charge on any atom is 0.397 e. The van der Waals surface area contributed by atoms with Gasteiger partial charge in [0.25, 0.3) is 10.0 Å². The number of benzene rings is 2. The van der Waals surface area contributed by atoms with Crippen LogP contribution in [0, 0.1) is 11.2 Å². The van der Waals surface area contributed by atoms with E-state index in [1.165, 1.54) is 18.2 Å². The summed E-state index contributed by atoms with van der Waals surface area (Å²) in [6.45, 7) is -1.02. The van der Waals surface area contributed by atoms with Gasteiger partial charge in [-0.3, -0.25) is 9.10 Å². The molecule has 0 unspecified atom stereocenters. The highest BCUT2D eigenvalue weighted by atomic mass is 32.2. The second kappa shape index (κ2) is 10.2. The van der Waals surface area contributed by atoms with Gasteiger partial charge in [-0.1, -0.05) is 6.07 Å². The molecule has 0 amide bonds. The lowest BCUT2D eigenvalue weighted by Crippen LogP contribution is -2.44. The topological polar surface area (TPSA) is 107 Å². The van der Waals surface area contributed by atoms with Gasteiger partial charge in [0.15, 0.2) is 9.84 Å². The quantitative estimate of drug-likeness (QED) is 0.296. The first kappa shape index (κ1) is 28.7. The van der Waals surface area contributed by atoms with Crippen LogP contribution in [0.5, 0.6) is 5.75 Å². The lowest BCUT2D eigenvalue weighted by molar-refractivity contribution is -0.202. The van der Waals surface area contributed by atoms with E-state index in [1.807, 2.05) is 0 Å². The van der Waals surface area contributed by atoms with Gasteiger partial charge in [0.2, 0.25) is 0 Å². The van der Waals surface area contributed by atoms with E-state index in [-0.39, 0.29) is 58.7 Å². The summed E-state index contributed by atoms with van der Waals surface area (Å²) in [6, 6.07) is 8.44. The monoisotopic (exact) mass is 605 g/mol. The molecule has 2 aromatic rings. The molecule has 2 saturated carbocycles. The minimum Gasteiger partial charge on any atom is -0.486 e. The van der Waals surface area contributed by atoms with Crippen LogP contribution in [0.2, 0.25) is 0 Å². The zero-order chi connectivity index (χ0) is 28.9. The van der Waals surface area contributed by atoms with Gasteiger partial charge in [0.05, 0.1) is 34.6 Å².